The second-order valence-electron chi connectivity index (χ2n) is 3.93. The maximum atomic E-state index is 11.3. The van der Waals surface area contributed by atoms with E-state index in [1.54, 1.807) is 0 Å². The normalized spacial score (nSPS) is 10.2. The molecule has 1 aromatic rings. The highest BCUT2D eigenvalue weighted by molar-refractivity contribution is 9.10. The maximum Gasteiger partial charge on any atom is 0.314 e. The molecule has 88 valence electrons. The zero-order chi connectivity index (χ0) is 12.0. The molecule has 0 radical (unpaired) electrons. The van der Waals surface area contributed by atoms with Gasteiger partial charge >= 0.3 is 6.03 Å². The number of carbonyl (C=O) groups is 1. The van der Waals surface area contributed by atoms with Crippen molar-refractivity contribution in [1.82, 2.24) is 10.6 Å². The molecule has 0 aromatic heterocycles. The molecule has 1 rings (SSSR count). The Morgan fingerprint density at radius 2 is 2.19 bits per heavy atom. The predicted molar refractivity (Wildman–Crippen MR) is 69.5 cm³/mol. The number of hydrogen-bond acceptors (Lipinski definition) is 1. The molecule has 16 heavy (non-hydrogen) atoms. The van der Waals surface area contributed by atoms with E-state index in [1.165, 1.54) is 5.56 Å². The van der Waals surface area contributed by atoms with Gasteiger partial charge in [0.05, 0.1) is 0 Å². The van der Waals surface area contributed by atoms with Crippen LogP contribution < -0.4 is 10.6 Å². The number of carbonyl (C=O) groups excluding carboxylic acids is 1. The number of nitrogens with one attached hydrogen (secondary N) is 2. The van der Waals surface area contributed by atoms with Crippen LogP contribution in [0.5, 0.6) is 0 Å². The number of urea groups is 1. The first-order valence-corrected chi connectivity index (χ1v) is 6.16. The molecular weight excluding hydrogens is 268 g/mol. The summed E-state index contributed by atoms with van der Waals surface area (Å²) in [5, 5.41) is 5.60. The first-order chi connectivity index (χ1) is 7.58. The second kappa shape index (κ2) is 6.53. The smallest absolute Gasteiger partial charge is 0.314 e. The zero-order valence-corrected chi connectivity index (χ0v) is 11.2. The largest absolute Gasteiger partial charge is 0.338 e. The van der Waals surface area contributed by atoms with Crippen LogP contribution in [0.3, 0.4) is 0 Å². The van der Waals surface area contributed by atoms with Gasteiger partial charge in [0.15, 0.2) is 0 Å². The lowest BCUT2D eigenvalue weighted by Crippen LogP contribution is -2.40. The summed E-state index contributed by atoms with van der Waals surface area (Å²) in [4.78, 5) is 11.3. The number of amides is 2. The van der Waals surface area contributed by atoms with Gasteiger partial charge in [0.25, 0.3) is 0 Å². The Labute approximate surface area is 105 Å². The average Bonchev–Trinajstić information content (AvgIpc) is 2.16. The summed E-state index contributed by atoms with van der Waals surface area (Å²) in [5.41, 5.74) is 1.21. The Hall–Kier alpha value is -1.03. The van der Waals surface area contributed by atoms with E-state index in [0.717, 1.165) is 10.9 Å². The molecule has 2 amide bonds. The van der Waals surface area contributed by atoms with Crippen LogP contribution in [0.4, 0.5) is 4.79 Å². The van der Waals surface area contributed by atoms with E-state index in [1.807, 2.05) is 32.0 Å². The minimum Gasteiger partial charge on any atom is -0.338 e. The molecule has 0 fully saturated rings. The molecule has 1 aromatic carbocycles. The first-order valence-electron chi connectivity index (χ1n) is 5.36. The molecule has 0 aliphatic heterocycles. The molecule has 0 saturated heterocycles. The van der Waals surface area contributed by atoms with Crippen molar-refractivity contribution in [3.05, 3.63) is 34.3 Å². The van der Waals surface area contributed by atoms with Crippen molar-refractivity contribution >= 4 is 22.0 Å². The molecule has 0 saturated carbocycles. The lowest BCUT2D eigenvalue weighted by atomic mass is 10.1. The van der Waals surface area contributed by atoms with Crippen LogP contribution in [-0.4, -0.2) is 18.6 Å². The fourth-order valence-corrected chi connectivity index (χ4v) is 1.77. The van der Waals surface area contributed by atoms with Gasteiger partial charge in [-0.3, -0.25) is 0 Å². The molecule has 0 aliphatic carbocycles. The highest BCUT2D eigenvalue weighted by atomic mass is 79.9. The van der Waals surface area contributed by atoms with E-state index >= 15 is 0 Å². The molecule has 0 heterocycles. The van der Waals surface area contributed by atoms with E-state index < -0.39 is 0 Å². The van der Waals surface area contributed by atoms with Gasteiger partial charge in [0.2, 0.25) is 0 Å². The fraction of sp³-hybridized carbons (Fsp3) is 0.417. The summed E-state index contributed by atoms with van der Waals surface area (Å²) in [6.07, 6.45) is 0.838. The van der Waals surface area contributed by atoms with Crippen LogP contribution in [0.1, 0.15) is 19.4 Å². The van der Waals surface area contributed by atoms with E-state index in [2.05, 4.69) is 32.6 Å². The van der Waals surface area contributed by atoms with Crippen LogP contribution in [-0.2, 0) is 6.42 Å². The summed E-state index contributed by atoms with van der Waals surface area (Å²) >= 11 is 3.42. The molecule has 2 N–H and O–H groups in total. The standard InChI is InChI=1S/C12H17BrN2O/c1-9(2)15-12(16)14-7-6-10-4-3-5-11(13)8-10/h3-5,8-9H,6-7H2,1-2H3,(H2,14,15,16). The van der Waals surface area contributed by atoms with Gasteiger partial charge in [-0.15, -0.1) is 0 Å². The van der Waals surface area contributed by atoms with Crippen LogP contribution in [0.2, 0.25) is 0 Å². The van der Waals surface area contributed by atoms with Crippen molar-refractivity contribution in [1.29, 1.82) is 0 Å². The van der Waals surface area contributed by atoms with Crippen molar-refractivity contribution in [2.75, 3.05) is 6.54 Å². The van der Waals surface area contributed by atoms with Crippen LogP contribution in [0.25, 0.3) is 0 Å². The Morgan fingerprint density at radius 3 is 2.81 bits per heavy atom. The number of benzene rings is 1. The molecule has 0 aliphatic rings. The lowest BCUT2D eigenvalue weighted by molar-refractivity contribution is 0.238. The van der Waals surface area contributed by atoms with Gasteiger partial charge in [0.1, 0.15) is 0 Å². The maximum absolute atomic E-state index is 11.3. The summed E-state index contributed by atoms with van der Waals surface area (Å²) in [6, 6.07) is 8.15. The van der Waals surface area contributed by atoms with Gasteiger partial charge < -0.3 is 10.6 Å². The van der Waals surface area contributed by atoms with E-state index in [-0.39, 0.29) is 12.1 Å². The first kappa shape index (κ1) is 13.0. The topological polar surface area (TPSA) is 41.1 Å². The van der Waals surface area contributed by atoms with E-state index in [9.17, 15) is 4.79 Å². The number of hydrogen-bond donors (Lipinski definition) is 2. The molecule has 0 spiro atoms. The summed E-state index contributed by atoms with van der Waals surface area (Å²) in [5.74, 6) is 0. The van der Waals surface area contributed by atoms with Crippen molar-refractivity contribution in [2.45, 2.75) is 26.3 Å². The minimum absolute atomic E-state index is 0.106. The minimum atomic E-state index is -0.106. The number of rotatable bonds is 4. The summed E-state index contributed by atoms with van der Waals surface area (Å²) < 4.78 is 1.07. The third kappa shape index (κ3) is 5.16. The SMILES string of the molecule is CC(C)NC(=O)NCCc1cccc(Br)c1. The lowest BCUT2D eigenvalue weighted by Gasteiger charge is -2.10. The third-order valence-electron chi connectivity index (χ3n) is 2.01. The molecular formula is C12H17BrN2O. The Kier molecular flexibility index (Phi) is 5.32. The quantitative estimate of drug-likeness (QED) is 0.877. The Bertz CT molecular complexity index is 353. The monoisotopic (exact) mass is 284 g/mol. The van der Waals surface area contributed by atoms with Gasteiger partial charge in [-0.1, -0.05) is 28.1 Å². The van der Waals surface area contributed by atoms with Gasteiger partial charge in [-0.2, -0.15) is 0 Å². The Morgan fingerprint density at radius 1 is 1.44 bits per heavy atom. The predicted octanol–water partition coefficient (Wildman–Crippen LogP) is 2.70. The Balaban J connectivity index is 2.28. The van der Waals surface area contributed by atoms with Crippen molar-refractivity contribution in [2.24, 2.45) is 0 Å². The second-order valence-corrected chi connectivity index (χ2v) is 4.85. The highest BCUT2D eigenvalue weighted by Crippen LogP contribution is 2.11. The number of halogens is 1. The van der Waals surface area contributed by atoms with Gasteiger partial charge in [-0.05, 0) is 38.0 Å². The molecule has 0 bridgehead atoms. The average molecular weight is 285 g/mol. The van der Waals surface area contributed by atoms with Crippen molar-refractivity contribution in [3.63, 3.8) is 0 Å². The van der Waals surface area contributed by atoms with Crippen molar-refractivity contribution < 1.29 is 4.79 Å². The molecule has 0 unspecified atom stereocenters. The van der Waals surface area contributed by atoms with E-state index in [0.29, 0.717) is 6.54 Å². The highest BCUT2D eigenvalue weighted by Gasteiger charge is 2.01. The van der Waals surface area contributed by atoms with E-state index in [4.69, 9.17) is 0 Å². The molecule has 0 atom stereocenters. The third-order valence-corrected chi connectivity index (χ3v) is 2.50. The molecule has 4 heteroatoms. The van der Waals surface area contributed by atoms with Gasteiger partial charge in [-0.25, -0.2) is 4.79 Å². The van der Waals surface area contributed by atoms with Gasteiger partial charge in [0, 0.05) is 17.1 Å². The van der Waals surface area contributed by atoms with Crippen LogP contribution in [0, 0.1) is 0 Å². The van der Waals surface area contributed by atoms with Crippen LogP contribution in [0.15, 0.2) is 28.7 Å². The van der Waals surface area contributed by atoms with Crippen LogP contribution >= 0.6 is 15.9 Å². The summed E-state index contributed by atoms with van der Waals surface area (Å²) in [6.45, 7) is 4.52. The fourth-order valence-electron chi connectivity index (χ4n) is 1.33. The summed E-state index contributed by atoms with van der Waals surface area (Å²) in [7, 11) is 0. The zero-order valence-electron chi connectivity index (χ0n) is 9.59. The van der Waals surface area contributed by atoms with Crippen molar-refractivity contribution in [3.8, 4) is 0 Å². The molecule has 3 nitrogen and oxygen atoms in total.